The fourth-order valence-electron chi connectivity index (χ4n) is 0.930. The van der Waals surface area contributed by atoms with Crippen molar-refractivity contribution in [3.8, 4) is 11.8 Å². The van der Waals surface area contributed by atoms with Gasteiger partial charge in [-0.25, -0.2) is 0 Å². The van der Waals surface area contributed by atoms with Gasteiger partial charge in [-0.2, -0.15) is 0 Å². The number of esters is 1. The predicted molar refractivity (Wildman–Crippen MR) is 52.1 cm³/mol. The van der Waals surface area contributed by atoms with Gasteiger partial charge in [-0.3, -0.25) is 9.36 Å². The third kappa shape index (κ3) is 2.46. The Morgan fingerprint density at radius 3 is 2.43 bits per heavy atom. The average Bonchev–Trinajstić information content (AvgIpc) is 2.34. The lowest BCUT2D eigenvalue weighted by atomic mass is 10.6. The Morgan fingerprint density at radius 2 is 2.00 bits per heavy atom. The fourth-order valence-corrected chi connectivity index (χ4v) is 1.18. The van der Waals surface area contributed by atoms with Crippen molar-refractivity contribution in [3.05, 3.63) is 12.1 Å². The van der Waals surface area contributed by atoms with Gasteiger partial charge in [0.25, 0.3) is 0 Å². The molecule has 5 nitrogen and oxygen atoms in total. The molecule has 1 aromatic rings. The number of aromatic hydroxyl groups is 2. The van der Waals surface area contributed by atoms with Crippen molar-refractivity contribution in [1.82, 2.24) is 4.57 Å². The highest BCUT2D eigenvalue weighted by Crippen LogP contribution is 2.20. The molecule has 1 rings (SSSR count). The van der Waals surface area contributed by atoms with Crippen LogP contribution in [0.1, 0.15) is 6.92 Å². The molecule has 0 unspecified atom stereocenters. The quantitative estimate of drug-likeness (QED) is 0.563. The molecule has 2 N–H and O–H groups in total. The summed E-state index contributed by atoms with van der Waals surface area (Å²) < 4.78 is 5.70. The van der Waals surface area contributed by atoms with E-state index in [9.17, 15) is 15.0 Å². The van der Waals surface area contributed by atoms with Crippen molar-refractivity contribution in [3.63, 3.8) is 0 Å². The van der Waals surface area contributed by atoms with Gasteiger partial charge in [0.05, 0.1) is 6.54 Å². The minimum Gasteiger partial charge on any atom is -0.494 e. The zero-order valence-electron chi connectivity index (χ0n) is 7.43. The summed E-state index contributed by atoms with van der Waals surface area (Å²) in [7, 11) is 0. The number of carbonyl (C=O) groups excluding carboxylic acids is 1. The first-order valence-electron chi connectivity index (χ1n) is 3.79. The topological polar surface area (TPSA) is 71.7 Å². The smallest absolute Gasteiger partial charge is 0.308 e. The maximum Gasteiger partial charge on any atom is 0.308 e. The van der Waals surface area contributed by atoms with Gasteiger partial charge >= 0.3 is 5.97 Å². The summed E-state index contributed by atoms with van der Waals surface area (Å²) >= 11 is 4.71. The first-order valence-corrected chi connectivity index (χ1v) is 4.20. The number of hydrogen-bond acceptors (Lipinski definition) is 5. The molecule has 0 atom stereocenters. The maximum atomic E-state index is 10.5. The van der Waals surface area contributed by atoms with Crippen LogP contribution in [0.4, 0.5) is 0 Å². The van der Waals surface area contributed by atoms with Crippen LogP contribution in [0, 0.1) is 0 Å². The molecular weight excluding hydrogens is 206 g/mol. The average molecular weight is 215 g/mol. The molecule has 6 heteroatoms. The van der Waals surface area contributed by atoms with Crippen molar-refractivity contribution >= 4 is 23.2 Å². The lowest BCUT2D eigenvalue weighted by Gasteiger charge is -2.06. The predicted octanol–water partition coefficient (Wildman–Crippen LogP) is 0.790. The highest BCUT2D eigenvalue weighted by Gasteiger charge is 2.09. The Kier molecular flexibility index (Phi) is 3.08. The minimum absolute atomic E-state index is 0.0145. The van der Waals surface area contributed by atoms with Gasteiger partial charge in [0, 0.05) is 19.1 Å². The Morgan fingerprint density at radius 1 is 1.50 bits per heavy atom. The zero-order valence-corrected chi connectivity index (χ0v) is 8.24. The van der Waals surface area contributed by atoms with Crippen molar-refractivity contribution in [2.24, 2.45) is 0 Å². The normalized spacial score (nSPS) is 9.79. The Labute approximate surface area is 85.5 Å². The van der Waals surface area contributed by atoms with E-state index in [0.29, 0.717) is 0 Å². The fraction of sp³-hybridized carbons (Fsp3) is 0.250. The highest BCUT2D eigenvalue weighted by molar-refractivity contribution is 7.80. The standard InChI is InChI=1S/C8H9NO4S/c1-5(10)13-8(14)4-9-6(11)2-3-7(9)12/h2-3,11-12H,4H2,1H3. The van der Waals surface area contributed by atoms with Crippen LogP contribution in [-0.4, -0.2) is 25.8 Å². The molecule has 0 bridgehead atoms. The van der Waals surface area contributed by atoms with Crippen molar-refractivity contribution in [2.75, 3.05) is 0 Å². The van der Waals surface area contributed by atoms with Crippen LogP contribution in [0.25, 0.3) is 0 Å². The van der Waals surface area contributed by atoms with Crippen LogP contribution in [-0.2, 0) is 16.1 Å². The van der Waals surface area contributed by atoms with E-state index >= 15 is 0 Å². The van der Waals surface area contributed by atoms with Crippen LogP contribution < -0.4 is 0 Å². The van der Waals surface area contributed by atoms with Gasteiger partial charge in [-0.1, -0.05) is 0 Å². The number of ether oxygens (including phenoxy) is 1. The lowest BCUT2D eigenvalue weighted by Crippen LogP contribution is -2.13. The first-order chi connectivity index (χ1) is 6.50. The van der Waals surface area contributed by atoms with Crippen molar-refractivity contribution < 1.29 is 19.7 Å². The summed E-state index contributed by atoms with van der Waals surface area (Å²) in [6.45, 7) is 1.18. The SMILES string of the molecule is CC(=O)OC(=S)Cn1c(O)ccc1O. The van der Waals surface area contributed by atoms with Gasteiger partial charge in [0.1, 0.15) is 0 Å². The van der Waals surface area contributed by atoms with E-state index in [1.54, 1.807) is 0 Å². The molecule has 0 radical (unpaired) electrons. The van der Waals surface area contributed by atoms with Gasteiger partial charge in [-0.05, 0) is 12.2 Å². The molecule has 1 heterocycles. The van der Waals surface area contributed by atoms with Gasteiger partial charge in [0.15, 0.2) is 16.8 Å². The molecule has 76 valence electrons. The molecule has 0 fully saturated rings. The zero-order chi connectivity index (χ0) is 10.7. The molecular formula is C8H9NO4S. The van der Waals surface area contributed by atoms with Crippen molar-refractivity contribution in [2.45, 2.75) is 13.5 Å². The van der Waals surface area contributed by atoms with E-state index in [2.05, 4.69) is 4.74 Å². The monoisotopic (exact) mass is 215 g/mol. The first kappa shape index (κ1) is 10.5. The van der Waals surface area contributed by atoms with Gasteiger partial charge in [0.2, 0.25) is 0 Å². The Bertz CT molecular complexity index is 352. The van der Waals surface area contributed by atoms with E-state index in [1.807, 2.05) is 0 Å². The van der Waals surface area contributed by atoms with E-state index < -0.39 is 5.97 Å². The molecule has 0 aliphatic heterocycles. The van der Waals surface area contributed by atoms with E-state index in [-0.39, 0.29) is 23.4 Å². The van der Waals surface area contributed by atoms with Gasteiger partial charge < -0.3 is 14.9 Å². The Balaban J connectivity index is 2.69. The summed E-state index contributed by atoms with van der Waals surface area (Å²) in [6, 6.07) is 2.62. The number of rotatable bonds is 2. The maximum absolute atomic E-state index is 10.5. The van der Waals surface area contributed by atoms with E-state index in [4.69, 9.17) is 12.2 Å². The molecule has 0 saturated heterocycles. The molecule has 0 aliphatic carbocycles. The summed E-state index contributed by atoms with van der Waals surface area (Å²) in [4.78, 5) is 10.5. The largest absolute Gasteiger partial charge is 0.494 e. The van der Waals surface area contributed by atoms with E-state index in [0.717, 1.165) is 4.57 Å². The van der Waals surface area contributed by atoms with Crippen LogP contribution >= 0.6 is 12.2 Å². The second-order valence-electron chi connectivity index (χ2n) is 2.60. The summed E-state index contributed by atoms with van der Waals surface area (Å²) in [6.07, 6.45) is 0. The highest BCUT2D eigenvalue weighted by atomic mass is 32.1. The number of aromatic nitrogens is 1. The summed E-state index contributed by atoms with van der Waals surface area (Å²) in [5.74, 6) is -0.810. The molecule has 1 aromatic heterocycles. The third-order valence-corrected chi connectivity index (χ3v) is 1.69. The number of thiocarbonyl (C=S) groups is 1. The molecule has 0 amide bonds. The van der Waals surface area contributed by atoms with Gasteiger partial charge in [-0.15, -0.1) is 0 Å². The second kappa shape index (κ2) is 4.10. The van der Waals surface area contributed by atoms with Crippen LogP contribution in [0.3, 0.4) is 0 Å². The number of carbonyl (C=O) groups is 1. The molecule has 0 saturated carbocycles. The van der Waals surface area contributed by atoms with E-state index in [1.165, 1.54) is 19.1 Å². The van der Waals surface area contributed by atoms with Crippen LogP contribution in [0.2, 0.25) is 0 Å². The molecule has 0 spiro atoms. The molecule has 0 aromatic carbocycles. The molecule has 0 aliphatic rings. The summed E-state index contributed by atoms with van der Waals surface area (Å²) in [5, 5.41) is 18.4. The van der Waals surface area contributed by atoms with Crippen molar-refractivity contribution in [1.29, 1.82) is 0 Å². The second-order valence-corrected chi connectivity index (χ2v) is 3.06. The lowest BCUT2D eigenvalue weighted by molar-refractivity contribution is -0.132. The number of hydrogen-bond donors (Lipinski definition) is 2. The minimum atomic E-state index is -0.527. The Hall–Kier alpha value is -1.56. The van der Waals surface area contributed by atoms with Crippen LogP contribution in [0.5, 0.6) is 11.8 Å². The summed E-state index contributed by atoms with van der Waals surface area (Å²) in [5.41, 5.74) is 0. The van der Waals surface area contributed by atoms with Crippen LogP contribution in [0.15, 0.2) is 12.1 Å². The molecule has 14 heavy (non-hydrogen) atoms. The number of nitrogens with zero attached hydrogens (tertiary/aromatic N) is 1. The third-order valence-electron chi connectivity index (χ3n) is 1.48.